The highest BCUT2D eigenvalue weighted by atomic mass is 79.9. The van der Waals surface area contributed by atoms with Crippen molar-refractivity contribution in [2.75, 3.05) is 76.5 Å². The topological polar surface area (TPSA) is 246 Å². The Labute approximate surface area is 482 Å². The first kappa shape index (κ1) is 68.6. The number of nitro benzene ring substituents is 2. The van der Waals surface area contributed by atoms with Gasteiger partial charge in [-0.3, -0.25) is 20.2 Å². The zero-order chi connectivity index (χ0) is 56.4. The third kappa shape index (κ3) is 24.7. The van der Waals surface area contributed by atoms with Crippen molar-refractivity contribution in [3.05, 3.63) is 97.1 Å². The van der Waals surface area contributed by atoms with E-state index in [1.165, 1.54) is 109 Å². The predicted molar refractivity (Wildman–Crippen MR) is 324 cm³/mol. The molecule has 0 atom stereocenters. The molecule has 0 unspecified atom stereocenters. The lowest BCUT2D eigenvalue weighted by Gasteiger charge is -2.21. The number of halogens is 2. The number of nitro groups is 2. The number of nitrogens with zero attached hydrogens (tertiary/aromatic N) is 16. The number of hydrogen-bond donors (Lipinski definition) is 1. The Balaban J connectivity index is 0.000000369. The van der Waals surface area contributed by atoms with E-state index in [1.54, 1.807) is 42.8 Å². The first-order valence-electron chi connectivity index (χ1n) is 27.8. The van der Waals surface area contributed by atoms with Gasteiger partial charge in [0.2, 0.25) is 0 Å². The van der Waals surface area contributed by atoms with E-state index in [-0.39, 0.29) is 33.3 Å². The van der Waals surface area contributed by atoms with Crippen LogP contribution in [0.3, 0.4) is 0 Å². The van der Waals surface area contributed by atoms with Gasteiger partial charge in [-0.15, -0.1) is 32.3 Å². The van der Waals surface area contributed by atoms with Gasteiger partial charge < -0.3 is 20.4 Å². The fourth-order valence-electron chi connectivity index (χ4n) is 8.23. The van der Waals surface area contributed by atoms with Gasteiger partial charge in [-0.05, 0) is 173 Å². The molecular weight excluding hydrogens is 1120 g/mol. The molecule has 3 aromatic carbocycles. The van der Waals surface area contributed by atoms with Crippen LogP contribution in [0.15, 0.2) is 70.0 Å². The average molecular weight is 1210 g/mol. The summed E-state index contributed by atoms with van der Waals surface area (Å²) < 4.78 is 3.68. The van der Waals surface area contributed by atoms with Gasteiger partial charge in [0.1, 0.15) is 6.54 Å². The van der Waals surface area contributed by atoms with Crippen LogP contribution in [-0.4, -0.2) is 141 Å². The summed E-state index contributed by atoms with van der Waals surface area (Å²) in [5, 5.41) is 58.0. The first-order chi connectivity index (χ1) is 37.2. The van der Waals surface area contributed by atoms with Crippen molar-refractivity contribution in [1.29, 1.82) is 0 Å². The number of aromatic nitrogens is 8. The quantitative estimate of drug-likeness (QED) is 0.0188. The van der Waals surface area contributed by atoms with E-state index in [0.29, 0.717) is 30.0 Å². The maximum atomic E-state index is 11.0. The molecule has 3 heterocycles. The maximum absolute atomic E-state index is 11.0. The number of benzene rings is 3. The van der Waals surface area contributed by atoms with Crippen molar-refractivity contribution in [3.63, 3.8) is 0 Å². The van der Waals surface area contributed by atoms with Crippen LogP contribution in [0.1, 0.15) is 141 Å². The van der Waals surface area contributed by atoms with Crippen LogP contribution in [0, 0.1) is 41.0 Å². The number of aryl methyl sites for hydroxylation is 3. The van der Waals surface area contributed by atoms with Gasteiger partial charge in [-0.25, -0.2) is 9.36 Å². The minimum absolute atomic E-state index is 0. The molecule has 0 saturated heterocycles. The molecule has 2 N–H and O–H groups in total. The van der Waals surface area contributed by atoms with Crippen LogP contribution in [0.4, 0.5) is 17.1 Å². The highest BCUT2D eigenvalue weighted by Crippen LogP contribution is 2.25. The Kier molecular flexibility index (Phi) is 35.0. The van der Waals surface area contributed by atoms with E-state index in [4.69, 9.17) is 5.73 Å². The van der Waals surface area contributed by atoms with Crippen LogP contribution in [0.25, 0.3) is 22.8 Å². The molecule has 0 amide bonds. The molecular formula is C55H89Br2N17O4. The monoisotopic (exact) mass is 1210 g/mol. The normalized spacial score (nSPS) is 11.6. The van der Waals surface area contributed by atoms with Gasteiger partial charge in [0.25, 0.3) is 11.4 Å². The smallest absolute Gasteiger partial charge is 0.272 e. The number of tetrazole rings is 2. The van der Waals surface area contributed by atoms with E-state index in [0.717, 1.165) is 90.6 Å². The molecule has 0 saturated carbocycles. The second kappa shape index (κ2) is 39.8. The van der Waals surface area contributed by atoms with Gasteiger partial charge in [0.05, 0.1) is 28.6 Å². The molecule has 0 radical (unpaired) electrons. The van der Waals surface area contributed by atoms with E-state index < -0.39 is 4.92 Å². The summed E-state index contributed by atoms with van der Waals surface area (Å²) >= 11 is 3.49. The summed E-state index contributed by atoms with van der Waals surface area (Å²) in [5.74, 6) is 1.46. The molecule has 6 rings (SSSR count). The van der Waals surface area contributed by atoms with Crippen molar-refractivity contribution >= 4 is 55.7 Å². The SMILES string of the molecule is Br.CCCCN(CCBr)CCCC.CCCCN(CCCC)CCn1nnnc1-c1ccc(N)c(C)c1.CCCCN(CCCC)CCn1nnnc1-c1ccc([N+](=O)[O-])c(C)c1.Cc1cc(C2=NN=NC2)ccc1[N+](=O)[O-]. The van der Waals surface area contributed by atoms with E-state index >= 15 is 0 Å². The summed E-state index contributed by atoms with van der Waals surface area (Å²) in [7, 11) is 0. The minimum Gasteiger partial charge on any atom is -0.399 e. The Morgan fingerprint density at radius 1 is 0.551 bits per heavy atom. The summed E-state index contributed by atoms with van der Waals surface area (Å²) in [6.07, 6.45) is 15.0. The summed E-state index contributed by atoms with van der Waals surface area (Å²) in [5.41, 5.74) is 12.6. The minimum atomic E-state index is -0.398. The highest BCUT2D eigenvalue weighted by molar-refractivity contribution is 9.09. The lowest BCUT2D eigenvalue weighted by atomic mass is 10.1. The second-order valence-corrected chi connectivity index (χ2v) is 20.1. The third-order valence-electron chi connectivity index (χ3n) is 13.0. The van der Waals surface area contributed by atoms with Crippen LogP contribution < -0.4 is 5.73 Å². The second-order valence-electron chi connectivity index (χ2n) is 19.3. The van der Waals surface area contributed by atoms with Gasteiger partial charge in [0.15, 0.2) is 11.6 Å². The Bertz CT molecular complexity index is 2510. The number of nitrogen functional groups attached to an aromatic ring is 1. The highest BCUT2D eigenvalue weighted by Gasteiger charge is 2.17. The molecule has 0 aliphatic carbocycles. The zero-order valence-electron chi connectivity index (χ0n) is 48.0. The van der Waals surface area contributed by atoms with Crippen molar-refractivity contribution < 1.29 is 9.85 Å². The molecule has 1 aliphatic heterocycles. The van der Waals surface area contributed by atoms with Gasteiger partial charge >= 0.3 is 0 Å². The Hall–Kier alpha value is -5.49. The molecule has 2 aromatic heterocycles. The molecule has 0 fully saturated rings. The van der Waals surface area contributed by atoms with Crippen LogP contribution in [0.2, 0.25) is 0 Å². The van der Waals surface area contributed by atoms with Crippen molar-refractivity contribution in [2.45, 2.75) is 152 Å². The first-order valence-corrected chi connectivity index (χ1v) is 28.9. The van der Waals surface area contributed by atoms with Gasteiger partial charge in [-0.1, -0.05) is 96.0 Å². The lowest BCUT2D eigenvalue weighted by Crippen LogP contribution is -2.30. The number of nitrogens with two attached hydrogens (primary N) is 1. The number of hydrogen-bond acceptors (Lipinski definition) is 17. The maximum Gasteiger partial charge on any atom is 0.272 e. The Morgan fingerprint density at radius 3 is 1.27 bits per heavy atom. The van der Waals surface area contributed by atoms with Gasteiger partial charge in [0, 0.05) is 70.6 Å². The summed E-state index contributed by atoms with van der Waals surface area (Å²) in [6, 6.07) is 15.8. The number of rotatable bonds is 31. The largest absolute Gasteiger partial charge is 0.399 e. The molecule has 78 heavy (non-hydrogen) atoms. The molecule has 21 nitrogen and oxygen atoms in total. The molecule has 23 heteroatoms. The lowest BCUT2D eigenvalue weighted by molar-refractivity contribution is -0.385. The summed E-state index contributed by atoms with van der Waals surface area (Å²) in [4.78, 5) is 28.3. The number of unbranched alkanes of at least 4 members (excludes halogenated alkanes) is 6. The third-order valence-corrected chi connectivity index (χ3v) is 13.4. The fourth-order valence-corrected chi connectivity index (χ4v) is 8.73. The molecule has 432 valence electrons. The number of alkyl halides is 1. The van der Waals surface area contributed by atoms with Crippen LogP contribution in [-0.2, 0) is 13.1 Å². The van der Waals surface area contributed by atoms with E-state index in [1.807, 2.05) is 29.8 Å². The summed E-state index contributed by atoms with van der Waals surface area (Å²) in [6.45, 7) is 30.9. The van der Waals surface area contributed by atoms with Crippen molar-refractivity contribution in [2.24, 2.45) is 15.4 Å². The van der Waals surface area contributed by atoms with E-state index in [2.05, 4.69) is 119 Å². The van der Waals surface area contributed by atoms with E-state index in [9.17, 15) is 20.2 Å². The molecule has 0 bridgehead atoms. The van der Waals surface area contributed by atoms with Crippen LogP contribution >= 0.6 is 32.9 Å². The zero-order valence-corrected chi connectivity index (χ0v) is 51.3. The van der Waals surface area contributed by atoms with Crippen molar-refractivity contribution in [3.8, 4) is 22.8 Å². The fraction of sp³-hybridized carbons (Fsp3) is 0.618. The molecule has 0 spiro atoms. The number of anilines is 1. The molecule has 1 aliphatic rings. The predicted octanol–water partition coefficient (Wildman–Crippen LogP) is 12.5. The van der Waals surface area contributed by atoms with Gasteiger partial charge in [-0.2, -0.15) is 5.11 Å². The van der Waals surface area contributed by atoms with Crippen LogP contribution in [0.5, 0.6) is 0 Å². The standard InChI is InChI=1S/C18H28N6O2.C18H30N6.C10H22BrN.C9H8N4O2.BrH/c1-4-6-10-22(11-7-5-2)12-13-23-18(19-20-21-23)16-8-9-17(24(25)26)15(3)14-16;1-4-6-10-23(11-7-5-2)12-13-24-18(20-21-22-24)16-8-9-17(19)15(3)14-16;1-3-5-8-12(10-7-11)9-6-4-2;1-6-4-7(8-5-10-12-11-8)2-3-9(6)13(14)15;/h8-9,14H,4-7,10-13H2,1-3H3;8-9,14H,4-7,10-13,19H2,1-3H3;3-10H2,1-2H3;2-4H,5H2,1H3;1H. The van der Waals surface area contributed by atoms with Crippen molar-refractivity contribution in [1.82, 2.24) is 55.1 Å². The Morgan fingerprint density at radius 2 is 0.923 bits per heavy atom. The average Bonchev–Trinajstić information content (AvgIpc) is 4.24. The molecule has 5 aromatic rings.